The van der Waals surface area contributed by atoms with Crippen LogP contribution >= 0.6 is 0 Å². The number of hydrogen-bond acceptors (Lipinski definition) is 6. The second-order valence-electron chi connectivity index (χ2n) is 7.15. The molecule has 0 radical (unpaired) electrons. The number of sulfonamides is 1. The van der Waals surface area contributed by atoms with E-state index in [1.54, 1.807) is 17.0 Å². The van der Waals surface area contributed by atoms with E-state index in [0.717, 1.165) is 5.39 Å². The summed E-state index contributed by atoms with van der Waals surface area (Å²) >= 11 is 0. The van der Waals surface area contributed by atoms with Gasteiger partial charge in [-0.3, -0.25) is 4.79 Å². The summed E-state index contributed by atoms with van der Waals surface area (Å²) in [6, 6.07) is 13.8. The van der Waals surface area contributed by atoms with E-state index in [0.29, 0.717) is 43.4 Å². The number of carbonyl (C=O) groups is 1. The zero-order chi connectivity index (χ0) is 20.7. The summed E-state index contributed by atoms with van der Waals surface area (Å²) in [6.45, 7) is 1.84. The van der Waals surface area contributed by atoms with Gasteiger partial charge in [0.15, 0.2) is 17.3 Å². The average Bonchev–Trinajstić information content (AvgIpc) is 3.22. The maximum atomic E-state index is 13.0. The number of furan rings is 1. The molecule has 8 nitrogen and oxygen atoms in total. The fourth-order valence-corrected chi connectivity index (χ4v) is 5.15. The van der Waals surface area contributed by atoms with Crippen LogP contribution in [0, 0.1) is 0 Å². The Labute approximate surface area is 173 Å². The Bertz CT molecular complexity index is 1180. The van der Waals surface area contributed by atoms with Crippen LogP contribution in [0.1, 0.15) is 10.6 Å². The number of fused-ring (bicyclic) bond motifs is 2. The Kier molecular flexibility index (Phi) is 4.63. The number of carbonyl (C=O) groups excluding carboxylic acids is 1. The highest BCUT2D eigenvalue weighted by molar-refractivity contribution is 7.89. The second kappa shape index (κ2) is 7.33. The zero-order valence-electron chi connectivity index (χ0n) is 16.1. The van der Waals surface area contributed by atoms with Crippen molar-refractivity contribution in [1.82, 2.24) is 9.21 Å². The molecule has 30 heavy (non-hydrogen) atoms. The molecule has 0 aliphatic carbocycles. The van der Waals surface area contributed by atoms with Gasteiger partial charge in [0.1, 0.15) is 18.8 Å². The molecule has 1 fully saturated rings. The van der Waals surface area contributed by atoms with E-state index in [-0.39, 0.29) is 29.7 Å². The van der Waals surface area contributed by atoms with Crippen LogP contribution in [0.2, 0.25) is 0 Å². The molecule has 156 valence electrons. The standard InChI is InChI=1S/C21H20N2O6S/c24-21(20-13-15-3-1-2-4-17(15)29-20)22-7-9-23(10-8-22)30(25,26)16-5-6-18-19(14-16)28-12-11-27-18/h1-6,13-14H,7-12H2. The quantitative estimate of drug-likeness (QED) is 0.636. The third kappa shape index (κ3) is 3.29. The number of amides is 1. The SMILES string of the molecule is O=C(c1cc2ccccc2o1)N1CCN(S(=O)(=O)c2ccc3c(c2)OCCO3)CC1. The summed E-state index contributed by atoms with van der Waals surface area (Å²) in [7, 11) is -3.69. The van der Waals surface area contributed by atoms with E-state index >= 15 is 0 Å². The van der Waals surface area contributed by atoms with Crippen LogP contribution in [0.25, 0.3) is 11.0 Å². The Morgan fingerprint density at radius 2 is 1.60 bits per heavy atom. The van der Waals surface area contributed by atoms with E-state index in [2.05, 4.69) is 0 Å². The number of hydrogen-bond donors (Lipinski definition) is 0. The van der Waals surface area contributed by atoms with E-state index in [9.17, 15) is 13.2 Å². The first-order valence-corrected chi connectivity index (χ1v) is 11.1. The van der Waals surface area contributed by atoms with Crippen molar-refractivity contribution in [3.05, 3.63) is 54.3 Å². The molecule has 0 spiro atoms. The lowest BCUT2D eigenvalue weighted by Crippen LogP contribution is -2.50. The van der Waals surface area contributed by atoms with Crippen LogP contribution < -0.4 is 9.47 Å². The lowest BCUT2D eigenvalue weighted by atomic mass is 10.2. The van der Waals surface area contributed by atoms with Gasteiger partial charge < -0.3 is 18.8 Å². The number of ether oxygens (including phenoxy) is 2. The second-order valence-corrected chi connectivity index (χ2v) is 9.09. The molecule has 0 bridgehead atoms. The molecule has 2 aliphatic heterocycles. The van der Waals surface area contributed by atoms with Gasteiger partial charge in [0.05, 0.1) is 4.90 Å². The van der Waals surface area contributed by atoms with Gasteiger partial charge in [-0.1, -0.05) is 18.2 Å². The predicted octanol–water partition coefficient (Wildman–Crippen LogP) is 2.35. The topological polar surface area (TPSA) is 89.3 Å². The van der Waals surface area contributed by atoms with E-state index in [1.165, 1.54) is 16.4 Å². The minimum atomic E-state index is -3.69. The van der Waals surface area contributed by atoms with Crippen molar-refractivity contribution >= 4 is 26.9 Å². The molecular formula is C21H20N2O6S. The van der Waals surface area contributed by atoms with Crippen molar-refractivity contribution in [3.8, 4) is 11.5 Å². The largest absolute Gasteiger partial charge is 0.486 e. The minimum Gasteiger partial charge on any atom is -0.486 e. The van der Waals surface area contributed by atoms with Crippen molar-refractivity contribution < 1.29 is 27.1 Å². The maximum absolute atomic E-state index is 13.0. The van der Waals surface area contributed by atoms with Gasteiger partial charge in [-0.15, -0.1) is 0 Å². The smallest absolute Gasteiger partial charge is 0.289 e. The summed E-state index contributed by atoms with van der Waals surface area (Å²) in [4.78, 5) is 14.6. The molecule has 1 saturated heterocycles. The summed E-state index contributed by atoms with van der Waals surface area (Å²) in [5.41, 5.74) is 0.653. The molecule has 0 atom stereocenters. The molecule has 0 saturated carbocycles. The zero-order valence-corrected chi connectivity index (χ0v) is 16.9. The van der Waals surface area contributed by atoms with Crippen molar-refractivity contribution in [2.24, 2.45) is 0 Å². The third-order valence-corrected chi connectivity index (χ3v) is 7.21. The predicted molar refractivity (Wildman–Crippen MR) is 108 cm³/mol. The molecule has 3 aromatic rings. The molecule has 2 aliphatic rings. The van der Waals surface area contributed by atoms with Gasteiger partial charge in [0.25, 0.3) is 5.91 Å². The highest BCUT2D eigenvalue weighted by Gasteiger charge is 2.32. The van der Waals surface area contributed by atoms with Gasteiger partial charge in [-0.2, -0.15) is 4.31 Å². The lowest BCUT2D eigenvalue weighted by Gasteiger charge is -2.33. The van der Waals surface area contributed by atoms with Crippen LogP contribution in [0.4, 0.5) is 0 Å². The Hall–Kier alpha value is -3.04. The average molecular weight is 428 g/mol. The van der Waals surface area contributed by atoms with Crippen LogP contribution in [-0.4, -0.2) is 62.9 Å². The van der Waals surface area contributed by atoms with Gasteiger partial charge in [0, 0.05) is 37.6 Å². The van der Waals surface area contributed by atoms with Gasteiger partial charge in [-0.05, 0) is 24.3 Å². The Balaban J connectivity index is 1.29. The monoisotopic (exact) mass is 428 g/mol. The normalized spacial score (nSPS) is 17.3. The number of nitrogens with zero attached hydrogens (tertiary/aromatic N) is 2. The number of piperazine rings is 1. The molecule has 0 N–H and O–H groups in total. The molecule has 1 aromatic heterocycles. The van der Waals surface area contributed by atoms with Crippen LogP contribution in [-0.2, 0) is 10.0 Å². The first-order valence-electron chi connectivity index (χ1n) is 9.70. The molecule has 3 heterocycles. The van der Waals surface area contributed by atoms with Gasteiger partial charge in [0.2, 0.25) is 10.0 Å². The molecule has 2 aromatic carbocycles. The molecule has 5 rings (SSSR count). The summed E-state index contributed by atoms with van der Waals surface area (Å²) in [6.07, 6.45) is 0. The van der Waals surface area contributed by atoms with Crippen molar-refractivity contribution in [1.29, 1.82) is 0 Å². The Morgan fingerprint density at radius 3 is 2.37 bits per heavy atom. The summed E-state index contributed by atoms with van der Waals surface area (Å²) in [5, 5.41) is 0.862. The van der Waals surface area contributed by atoms with Gasteiger partial charge >= 0.3 is 0 Å². The summed E-state index contributed by atoms with van der Waals surface area (Å²) < 4.78 is 44.1. The highest BCUT2D eigenvalue weighted by atomic mass is 32.2. The first kappa shape index (κ1) is 19.0. The summed E-state index contributed by atoms with van der Waals surface area (Å²) in [5.74, 6) is 1.00. The van der Waals surface area contributed by atoms with E-state index < -0.39 is 10.0 Å². The van der Waals surface area contributed by atoms with Crippen molar-refractivity contribution in [2.75, 3.05) is 39.4 Å². The fourth-order valence-electron chi connectivity index (χ4n) is 3.71. The van der Waals surface area contributed by atoms with Crippen molar-refractivity contribution in [2.45, 2.75) is 4.90 Å². The number of rotatable bonds is 3. The number of benzene rings is 2. The van der Waals surface area contributed by atoms with Crippen LogP contribution in [0.15, 0.2) is 57.8 Å². The Morgan fingerprint density at radius 1 is 0.867 bits per heavy atom. The first-order chi connectivity index (χ1) is 14.5. The lowest BCUT2D eigenvalue weighted by molar-refractivity contribution is 0.0668. The molecular weight excluding hydrogens is 408 g/mol. The minimum absolute atomic E-state index is 0.156. The van der Waals surface area contributed by atoms with Crippen LogP contribution in [0.5, 0.6) is 11.5 Å². The maximum Gasteiger partial charge on any atom is 0.289 e. The molecule has 0 unspecified atom stereocenters. The third-order valence-electron chi connectivity index (χ3n) is 5.31. The van der Waals surface area contributed by atoms with Gasteiger partial charge in [-0.25, -0.2) is 8.42 Å². The molecule has 1 amide bonds. The highest BCUT2D eigenvalue weighted by Crippen LogP contribution is 2.33. The van der Waals surface area contributed by atoms with E-state index in [1.807, 2.05) is 24.3 Å². The fraction of sp³-hybridized carbons (Fsp3) is 0.286. The molecule has 9 heteroatoms. The van der Waals surface area contributed by atoms with Crippen molar-refractivity contribution in [3.63, 3.8) is 0 Å². The number of para-hydroxylation sites is 1. The van der Waals surface area contributed by atoms with Crippen LogP contribution in [0.3, 0.4) is 0 Å². The van der Waals surface area contributed by atoms with E-state index in [4.69, 9.17) is 13.9 Å².